The molecule has 5 N–H and O–H groups in total. The third-order valence-electron chi connectivity index (χ3n) is 3.37. The van der Waals surface area contributed by atoms with Crippen molar-refractivity contribution in [3.05, 3.63) is 71.8 Å². The molecule has 2 aromatic rings. The standard InChI is InChI=1S/C18H23N5.ClH/c19-17(21-13-11-15-7-3-1-4-8-15)23-18(20)22-14-12-16-9-5-2-6-10-16;/h1-10H,11-14H2,(H5,19,20,21,22,23);1H. The summed E-state index contributed by atoms with van der Waals surface area (Å²) in [5, 5.41) is 24.2. The highest BCUT2D eigenvalue weighted by Gasteiger charge is 2.00. The number of guanidine groups is 2. The van der Waals surface area contributed by atoms with Gasteiger partial charge in [-0.25, -0.2) is 0 Å². The molecule has 24 heavy (non-hydrogen) atoms. The third kappa shape index (κ3) is 7.65. The van der Waals surface area contributed by atoms with Crippen LogP contribution in [-0.4, -0.2) is 25.0 Å². The molecule has 6 heteroatoms. The summed E-state index contributed by atoms with van der Waals surface area (Å²) in [6.45, 7) is 1.32. The summed E-state index contributed by atoms with van der Waals surface area (Å²) in [4.78, 5) is 0. The largest absolute Gasteiger partial charge is 0.356 e. The molecule has 0 radical (unpaired) electrons. The van der Waals surface area contributed by atoms with Gasteiger partial charge in [-0.1, -0.05) is 60.7 Å². The van der Waals surface area contributed by atoms with Crippen LogP contribution in [-0.2, 0) is 12.8 Å². The minimum atomic E-state index is 0. The normalized spacial score (nSPS) is 9.50. The molecule has 0 atom stereocenters. The maximum absolute atomic E-state index is 7.78. The maximum atomic E-state index is 7.78. The van der Waals surface area contributed by atoms with Crippen LogP contribution in [0.2, 0.25) is 0 Å². The topological polar surface area (TPSA) is 83.8 Å². The van der Waals surface area contributed by atoms with Gasteiger partial charge in [0.05, 0.1) is 0 Å². The molecular formula is C18H24ClN5. The van der Waals surface area contributed by atoms with Crippen molar-refractivity contribution in [2.45, 2.75) is 12.8 Å². The van der Waals surface area contributed by atoms with Crippen LogP contribution in [0.25, 0.3) is 0 Å². The Hall–Kier alpha value is -2.53. The first-order chi connectivity index (χ1) is 11.2. The van der Waals surface area contributed by atoms with Crippen LogP contribution in [0.5, 0.6) is 0 Å². The van der Waals surface area contributed by atoms with E-state index in [0.717, 1.165) is 12.8 Å². The lowest BCUT2D eigenvalue weighted by Crippen LogP contribution is -2.46. The fraction of sp³-hybridized carbons (Fsp3) is 0.222. The van der Waals surface area contributed by atoms with E-state index in [0.29, 0.717) is 13.1 Å². The first kappa shape index (κ1) is 19.5. The highest BCUT2D eigenvalue weighted by atomic mass is 35.5. The molecule has 5 nitrogen and oxygen atoms in total. The van der Waals surface area contributed by atoms with Gasteiger partial charge in [0.15, 0.2) is 11.9 Å². The van der Waals surface area contributed by atoms with Gasteiger partial charge in [0.25, 0.3) is 0 Å². The van der Waals surface area contributed by atoms with Crippen LogP contribution in [0.15, 0.2) is 60.7 Å². The smallest absolute Gasteiger partial charge is 0.195 e. The highest BCUT2D eigenvalue weighted by Crippen LogP contribution is 1.98. The summed E-state index contributed by atoms with van der Waals surface area (Å²) in [7, 11) is 0. The minimum Gasteiger partial charge on any atom is -0.356 e. The predicted molar refractivity (Wildman–Crippen MR) is 102 cm³/mol. The highest BCUT2D eigenvalue weighted by molar-refractivity contribution is 5.95. The average molecular weight is 346 g/mol. The fourth-order valence-corrected chi connectivity index (χ4v) is 2.17. The Labute approximate surface area is 149 Å². The van der Waals surface area contributed by atoms with Gasteiger partial charge in [0.2, 0.25) is 0 Å². The van der Waals surface area contributed by atoms with Gasteiger partial charge < -0.3 is 10.6 Å². The van der Waals surface area contributed by atoms with Crippen LogP contribution < -0.4 is 16.0 Å². The number of nitrogens with one attached hydrogen (secondary N) is 5. The molecule has 0 aliphatic rings. The van der Waals surface area contributed by atoms with E-state index in [1.165, 1.54) is 11.1 Å². The maximum Gasteiger partial charge on any atom is 0.195 e. The van der Waals surface area contributed by atoms with Crippen LogP contribution >= 0.6 is 12.4 Å². The van der Waals surface area contributed by atoms with E-state index >= 15 is 0 Å². The molecule has 0 heterocycles. The average Bonchev–Trinajstić information content (AvgIpc) is 2.57. The molecule has 0 unspecified atom stereocenters. The molecule has 0 saturated carbocycles. The van der Waals surface area contributed by atoms with Gasteiger partial charge >= 0.3 is 0 Å². The predicted octanol–water partition coefficient (Wildman–Crippen LogP) is 2.53. The summed E-state index contributed by atoms with van der Waals surface area (Å²) >= 11 is 0. The zero-order valence-corrected chi connectivity index (χ0v) is 14.3. The van der Waals surface area contributed by atoms with E-state index in [1.54, 1.807) is 0 Å². The van der Waals surface area contributed by atoms with Crippen molar-refractivity contribution in [3.8, 4) is 0 Å². The first-order valence-corrected chi connectivity index (χ1v) is 7.74. The van der Waals surface area contributed by atoms with Gasteiger partial charge in [-0.05, 0) is 24.0 Å². The molecule has 0 bridgehead atoms. The quantitative estimate of drug-likeness (QED) is 0.412. The molecule has 0 aliphatic carbocycles. The Kier molecular flexibility index (Phi) is 9.01. The number of benzene rings is 2. The number of hydrogen-bond acceptors (Lipinski definition) is 2. The van der Waals surface area contributed by atoms with Crippen molar-refractivity contribution in [2.24, 2.45) is 0 Å². The molecule has 0 spiro atoms. The summed E-state index contributed by atoms with van der Waals surface area (Å²) < 4.78 is 0. The number of rotatable bonds is 6. The molecule has 2 aromatic carbocycles. The van der Waals surface area contributed by atoms with E-state index in [4.69, 9.17) is 10.8 Å². The van der Waals surface area contributed by atoms with Crippen LogP contribution in [0.3, 0.4) is 0 Å². The zero-order valence-electron chi connectivity index (χ0n) is 13.5. The van der Waals surface area contributed by atoms with Crippen molar-refractivity contribution >= 4 is 24.3 Å². The second-order valence-corrected chi connectivity index (χ2v) is 5.20. The number of hydrogen-bond donors (Lipinski definition) is 5. The Morgan fingerprint density at radius 3 is 1.42 bits per heavy atom. The van der Waals surface area contributed by atoms with Crippen LogP contribution in [0, 0.1) is 10.8 Å². The summed E-state index contributed by atoms with van der Waals surface area (Å²) in [6, 6.07) is 20.2. The first-order valence-electron chi connectivity index (χ1n) is 7.74. The molecule has 0 aliphatic heterocycles. The second-order valence-electron chi connectivity index (χ2n) is 5.20. The van der Waals surface area contributed by atoms with Crippen LogP contribution in [0.1, 0.15) is 11.1 Å². The van der Waals surface area contributed by atoms with Crippen molar-refractivity contribution < 1.29 is 0 Å². The lowest BCUT2D eigenvalue weighted by molar-refractivity contribution is 0.814. The molecule has 128 valence electrons. The Bertz CT molecular complexity index is 560. The van der Waals surface area contributed by atoms with E-state index in [9.17, 15) is 0 Å². The molecule has 0 aromatic heterocycles. The van der Waals surface area contributed by atoms with Crippen molar-refractivity contribution in [1.29, 1.82) is 10.8 Å². The Balaban J connectivity index is 0.00000288. The second kappa shape index (κ2) is 11.1. The van der Waals surface area contributed by atoms with E-state index in [2.05, 4.69) is 40.2 Å². The lowest BCUT2D eigenvalue weighted by Gasteiger charge is -2.12. The van der Waals surface area contributed by atoms with Crippen molar-refractivity contribution in [2.75, 3.05) is 13.1 Å². The SMILES string of the molecule is Cl.N=C(NCCc1ccccc1)NC(=N)NCCc1ccccc1. The third-order valence-corrected chi connectivity index (χ3v) is 3.37. The summed E-state index contributed by atoms with van der Waals surface area (Å²) in [5.41, 5.74) is 2.45. The molecular weight excluding hydrogens is 322 g/mol. The van der Waals surface area contributed by atoms with Gasteiger partial charge in [-0.15, -0.1) is 12.4 Å². The van der Waals surface area contributed by atoms with Gasteiger partial charge in [0, 0.05) is 13.1 Å². The van der Waals surface area contributed by atoms with Crippen molar-refractivity contribution in [1.82, 2.24) is 16.0 Å². The molecule has 0 fully saturated rings. The monoisotopic (exact) mass is 345 g/mol. The van der Waals surface area contributed by atoms with Gasteiger partial charge in [-0.3, -0.25) is 16.1 Å². The Morgan fingerprint density at radius 1 is 0.667 bits per heavy atom. The van der Waals surface area contributed by atoms with Crippen molar-refractivity contribution in [3.63, 3.8) is 0 Å². The Morgan fingerprint density at radius 2 is 1.04 bits per heavy atom. The lowest BCUT2D eigenvalue weighted by atomic mass is 10.1. The minimum absolute atomic E-state index is 0. The summed E-state index contributed by atoms with van der Waals surface area (Å²) in [6.07, 6.45) is 1.69. The van der Waals surface area contributed by atoms with E-state index < -0.39 is 0 Å². The van der Waals surface area contributed by atoms with Crippen LogP contribution in [0.4, 0.5) is 0 Å². The summed E-state index contributed by atoms with van der Waals surface area (Å²) in [5.74, 6) is 0.274. The number of halogens is 1. The van der Waals surface area contributed by atoms with E-state index in [1.807, 2.05) is 36.4 Å². The molecule has 0 saturated heterocycles. The van der Waals surface area contributed by atoms with Gasteiger partial charge in [-0.2, -0.15) is 0 Å². The fourth-order valence-electron chi connectivity index (χ4n) is 2.17. The molecule has 0 amide bonds. The van der Waals surface area contributed by atoms with Gasteiger partial charge in [0.1, 0.15) is 0 Å². The zero-order chi connectivity index (χ0) is 16.3. The van der Waals surface area contributed by atoms with E-state index in [-0.39, 0.29) is 24.3 Å². The molecule has 2 rings (SSSR count).